The number of ether oxygens (including phenoxy) is 1. The molecule has 2 amide bonds. The number of rotatable bonds is 6. The molecule has 3 aromatic heterocycles. The Hall–Kier alpha value is -4.52. The summed E-state index contributed by atoms with van der Waals surface area (Å²) in [7, 11) is 0. The van der Waals surface area contributed by atoms with Crippen LogP contribution in [0.2, 0.25) is 0 Å². The zero-order valence-electron chi connectivity index (χ0n) is 21.5. The van der Waals surface area contributed by atoms with E-state index in [4.69, 9.17) is 4.74 Å². The third-order valence-corrected chi connectivity index (χ3v) is 6.62. The van der Waals surface area contributed by atoms with Gasteiger partial charge in [-0.25, -0.2) is 28.2 Å². The Balaban J connectivity index is 1.19. The fraction of sp³-hybridized carbons (Fsp3) is 0.308. The standard InChI is InChI=1S/C26H26F2N8O3/c1-16(24(37)33-21-12-30-23(13-29-21)39-20-5-4-18(27)11-19(20)28)34-8-9-35(26(2,3)14-34)25(38)17-6-7-36-22(10-17)31-15-32-36/h4-7,10-13,15-16H,8-9,14H2,1-3H3,(H,29,33,37)/t16-/m0/s1. The number of nitrogens with one attached hydrogen (secondary N) is 1. The number of nitrogens with zero attached hydrogens (tertiary/aromatic N) is 7. The van der Waals surface area contributed by atoms with E-state index < -0.39 is 23.2 Å². The molecule has 13 heteroatoms. The summed E-state index contributed by atoms with van der Waals surface area (Å²) in [6.07, 6.45) is 5.65. The van der Waals surface area contributed by atoms with Gasteiger partial charge in [0.25, 0.3) is 5.91 Å². The zero-order chi connectivity index (χ0) is 27.7. The Morgan fingerprint density at radius 1 is 1.08 bits per heavy atom. The largest absolute Gasteiger partial charge is 0.434 e. The van der Waals surface area contributed by atoms with Crippen molar-refractivity contribution in [3.8, 4) is 11.6 Å². The van der Waals surface area contributed by atoms with E-state index in [0.29, 0.717) is 36.9 Å². The maximum Gasteiger partial charge on any atom is 0.254 e. The Bertz CT molecular complexity index is 1530. The first-order valence-electron chi connectivity index (χ1n) is 12.2. The zero-order valence-corrected chi connectivity index (χ0v) is 21.5. The Morgan fingerprint density at radius 3 is 2.62 bits per heavy atom. The highest BCUT2D eigenvalue weighted by Gasteiger charge is 2.39. The van der Waals surface area contributed by atoms with E-state index in [-0.39, 0.29) is 29.3 Å². The molecule has 0 spiro atoms. The molecule has 1 fully saturated rings. The number of anilines is 1. The van der Waals surface area contributed by atoms with Crippen LogP contribution in [0.4, 0.5) is 14.6 Å². The highest BCUT2D eigenvalue weighted by Crippen LogP contribution is 2.26. The van der Waals surface area contributed by atoms with E-state index in [2.05, 4.69) is 25.4 Å². The van der Waals surface area contributed by atoms with Crippen molar-refractivity contribution in [2.75, 3.05) is 25.0 Å². The van der Waals surface area contributed by atoms with E-state index in [9.17, 15) is 18.4 Å². The first kappa shape index (κ1) is 26.1. The second-order valence-electron chi connectivity index (χ2n) is 9.80. The van der Waals surface area contributed by atoms with E-state index in [1.54, 1.807) is 29.8 Å². The molecule has 0 unspecified atom stereocenters. The van der Waals surface area contributed by atoms with Crippen molar-refractivity contribution in [1.82, 2.24) is 34.4 Å². The van der Waals surface area contributed by atoms with Crippen molar-refractivity contribution < 1.29 is 23.1 Å². The number of amides is 2. The molecule has 1 aromatic carbocycles. The molecular weight excluding hydrogens is 510 g/mol. The van der Waals surface area contributed by atoms with Gasteiger partial charge in [0.15, 0.2) is 23.0 Å². The van der Waals surface area contributed by atoms with Crippen LogP contribution in [0.5, 0.6) is 11.6 Å². The molecule has 1 saturated heterocycles. The molecule has 1 aliphatic heterocycles. The first-order chi connectivity index (χ1) is 18.6. The fourth-order valence-corrected chi connectivity index (χ4v) is 4.50. The second-order valence-corrected chi connectivity index (χ2v) is 9.80. The van der Waals surface area contributed by atoms with Crippen LogP contribution < -0.4 is 10.1 Å². The molecule has 11 nitrogen and oxygen atoms in total. The fourth-order valence-electron chi connectivity index (χ4n) is 4.50. The number of carbonyl (C=O) groups is 2. The normalized spacial score (nSPS) is 16.2. The van der Waals surface area contributed by atoms with Gasteiger partial charge in [0.1, 0.15) is 12.1 Å². The molecule has 1 aliphatic rings. The van der Waals surface area contributed by atoms with Gasteiger partial charge in [0, 0.05) is 37.5 Å². The van der Waals surface area contributed by atoms with Crippen LogP contribution in [-0.2, 0) is 4.79 Å². The van der Waals surface area contributed by atoms with Gasteiger partial charge in [-0.15, -0.1) is 0 Å². The molecule has 0 saturated carbocycles. The average Bonchev–Trinajstić information content (AvgIpc) is 3.38. The number of piperazine rings is 1. The summed E-state index contributed by atoms with van der Waals surface area (Å²) < 4.78 is 33.8. The lowest BCUT2D eigenvalue weighted by Gasteiger charge is -2.48. The molecular formula is C26H26F2N8O3. The number of carbonyl (C=O) groups excluding carboxylic acids is 2. The maximum absolute atomic E-state index is 13.8. The summed E-state index contributed by atoms with van der Waals surface area (Å²) in [6.45, 7) is 7.12. The van der Waals surface area contributed by atoms with Crippen molar-refractivity contribution in [2.45, 2.75) is 32.4 Å². The third kappa shape index (κ3) is 5.53. The smallest absolute Gasteiger partial charge is 0.254 e. The minimum atomic E-state index is -0.871. The number of hydrogen-bond donors (Lipinski definition) is 1. The van der Waals surface area contributed by atoms with Crippen molar-refractivity contribution >= 4 is 23.3 Å². The van der Waals surface area contributed by atoms with Crippen LogP contribution in [0.25, 0.3) is 5.65 Å². The first-order valence-corrected chi connectivity index (χ1v) is 12.2. The van der Waals surface area contributed by atoms with Crippen molar-refractivity contribution in [2.24, 2.45) is 0 Å². The van der Waals surface area contributed by atoms with Gasteiger partial charge in [-0.3, -0.25) is 14.5 Å². The minimum absolute atomic E-state index is 0.0164. The topological polar surface area (TPSA) is 118 Å². The van der Waals surface area contributed by atoms with E-state index in [1.807, 2.05) is 23.6 Å². The SMILES string of the molecule is C[C@@H](C(=O)Nc1cnc(Oc2ccc(F)cc2F)cn1)N1CCN(C(=O)c2ccn3ncnc3c2)C(C)(C)C1. The molecule has 1 atom stereocenters. The highest BCUT2D eigenvalue weighted by atomic mass is 19.1. The summed E-state index contributed by atoms with van der Waals surface area (Å²) in [5.41, 5.74) is 0.571. The van der Waals surface area contributed by atoms with Crippen LogP contribution in [0.1, 0.15) is 31.1 Å². The molecule has 0 bridgehead atoms. The number of pyridine rings is 1. The number of fused-ring (bicyclic) bond motifs is 1. The lowest BCUT2D eigenvalue weighted by molar-refractivity contribution is -0.122. The predicted molar refractivity (Wildman–Crippen MR) is 136 cm³/mol. The van der Waals surface area contributed by atoms with Gasteiger partial charge < -0.3 is 15.0 Å². The van der Waals surface area contributed by atoms with E-state index in [0.717, 1.165) is 12.1 Å². The third-order valence-electron chi connectivity index (χ3n) is 6.62. The van der Waals surface area contributed by atoms with Crippen molar-refractivity contribution in [3.63, 3.8) is 0 Å². The molecule has 4 heterocycles. The van der Waals surface area contributed by atoms with Crippen LogP contribution >= 0.6 is 0 Å². The summed E-state index contributed by atoms with van der Waals surface area (Å²) in [5.74, 6) is -2.03. The minimum Gasteiger partial charge on any atom is -0.434 e. The van der Waals surface area contributed by atoms with Gasteiger partial charge in [-0.05, 0) is 45.0 Å². The summed E-state index contributed by atoms with van der Waals surface area (Å²) >= 11 is 0. The summed E-state index contributed by atoms with van der Waals surface area (Å²) in [4.78, 5) is 42.4. The molecule has 0 radical (unpaired) electrons. The number of benzene rings is 1. The second kappa shape index (κ2) is 10.3. The Kier molecular flexibility index (Phi) is 6.91. The lowest BCUT2D eigenvalue weighted by atomic mass is 9.96. The number of hydrogen-bond acceptors (Lipinski definition) is 8. The van der Waals surface area contributed by atoms with E-state index >= 15 is 0 Å². The monoisotopic (exact) mass is 536 g/mol. The van der Waals surface area contributed by atoms with Crippen LogP contribution in [0.15, 0.2) is 55.2 Å². The Labute approximate surface area is 222 Å². The molecule has 5 rings (SSSR count). The van der Waals surface area contributed by atoms with Gasteiger partial charge in [0.2, 0.25) is 11.8 Å². The van der Waals surface area contributed by atoms with Crippen molar-refractivity contribution in [3.05, 3.63) is 72.4 Å². The van der Waals surface area contributed by atoms with Gasteiger partial charge in [-0.1, -0.05) is 0 Å². The Morgan fingerprint density at radius 2 is 1.90 bits per heavy atom. The van der Waals surface area contributed by atoms with E-state index in [1.165, 1.54) is 18.7 Å². The van der Waals surface area contributed by atoms with Gasteiger partial charge in [-0.2, -0.15) is 5.10 Å². The quantitative estimate of drug-likeness (QED) is 0.399. The molecule has 39 heavy (non-hydrogen) atoms. The van der Waals surface area contributed by atoms with Gasteiger partial charge in [0.05, 0.1) is 24.0 Å². The molecule has 4 aromatic rings. The summed E-state index contributed by atoms with van der Waals surface area (Å²) in [6, 6.07) is 5.83. The number of aromatic nitrogens is 5. The highest BCUT2D eigenvalue weighted by molar-refractivity contribution is 5.96. The van der Waals surface area contributed by atoms with Crippen LogP contribution in [0, 0.1) is 11.6 Å². The number of halogens is 2. The van der Waals surface area contributed by atoms with Gasteiger partial charge >= 0.3 is 0 Å². The van der Waals surface area contributed by atoms with Crippen LogP contribution in [-0.4, -0.2) is 77.4 Å². The summed E-state index contributed by atoms with van der Waals surface area (Å²) in [5, 5.41) is 6.78. The predicted octanol–water partition coefficient (Wildman–Crippen LogP) is 3.15. The van der Waals surface area contributed by atoms with Crippen LogP contribution in [0.3, 0.4) is 0 Å². The lowest BCUT2D eigenvalue weighted by Crippen LogP contribution is -2.63. The average molecular weight is 537 g/mol. The maximum atomic E-state index is 13.8. The molecule has 202 valence electrons. The molecule has 0 aliphatic carbocycles. The van der Waals surface area contributed by atoms with Crippen molar-refractivity contribution in [1.29, 1.82) is 0 Å². The molecule has 1 N–H and O–H groups in total.